The molecule has 1 aliphatic rings. The van der Waals surface area contributed by atoms with Crippen LogP contribution in [-0.4, -0.2) is 32.5 Å². The Morgan fingerprint density at radius 3 is 2.83 bits per heavy atom. The number of sulfonamides is 1. The third-order valence-electron chi connectivity index (χ3n) is 3.01. The molecule has 1 atom stereocenters. The minimum Gasteiger partial charge on any atom is -0.369 e. The van der Waals surface area contributed by atoms with Crippen molar-refractivity contribution in [1.82, 2.24) is 10.3 Å². The van der Waals surface area contributed by atoms with Gasteiger partial charge in [0.25, 0.3) is 0 Å². The number of hydrogen-bond acceptors (Lipinski definition) is 5. The molecule has 0 bridgehead atoms. The number of pyridine rings is 1. The van der Waals surface area contributed by atoms with E-state index in [0.29, 0.717) is 11.9 Å². The van der Waals surface area contributed by atoms with Gasteiger partial charge < -0.3 is 10.6 Å². The lowest BCUT2D eigenvalue weighted by Gasteiger charge is -2.23. The monoisotopic (exact) mass is 270 g/mol. The fourth-order valence-corrected chi connectivity index (χ4v) is 2.44. The molecule has 1 unspecified atom stereocenters. The third kappa shape index (κ3) is 3.66. The molecule has 6 nitrogen and oxygen atoms in total. The number of rotatable bonds is 4. The summed E-state index contributed by atoms with van der Waals surface area (Å²) in [5.74, 6) is 0.662. The summed E-state index contributed by atoms with van der Waals surface area (Å²) >= 11 is 0. The lowest BCUT2D eigenvalue weighted by Crippen LogP contribution is -2.39. The van der Waals surface area contributed by atoms with E-state index in [2.05, 4.69) is 15.6 Å². The zero-order valence-corrected chi connectivity index (χ0v) is 10.9. The molecular weight excluding hydrogens is 252 g/mol. The molecule has 0 radical (unpaired) electrons. The van der Waals surface area contributed by atoms with E-state index >= 15 is 0 Å². The van der Waals surface area contributed by atoms with E-state index in [1.807, 2.05) is 0 Å². The maximum absolute atomic E-state index is 11.1. The van der Waals surface area contributed by atoms with Crippen LogP contribution in [0.3, 0.4) is 0 Å². The average molecular weight is 270 g/mol. The molecule has 1 aromatic rings. The Balaban J connectivity index is 1.90. The summed E-state index contributed by atoms with van der Waals surface area (Å²) in [7, 11) is -3.66. The van der Waals surface area contributed by atoms with Crippen molar-refractivity contribution in [3.8, 4) is 0 Å². The average Bonchev–Trinajstić information content (AvgIpc) is 2.37. The second-order valence-corrected chi connectivity index (χ2v) is 6.01. The van der Waals surface area contributed by atoms with E-state index < -0.39 is 10.0 Å². The van der Waals surface area contributed by atoms with Gasteiger partial charge in [-0.1, -0.05) is 6.42 Å². The van der Waals surface area contributed by atoms with Gasteiger partial charge in [0.2, 0.25) is 10.0 Å². The van der Waals surface area contributed by atoms with E-state index in [0.717, 1.165) is 19.5 Å². The van der Waals surface area contributed by atoms with Crippen LogP contribution in [0.4, 0.5) is 5.82 Å². The number of nitrogens with zero attached hydrogens (tertiary/aromatic N) is 1. The quantitative estimate of drug-likeness (QED) is 0.730. The summed E-state index contributed by atoms with van der Waals surface area (Å²) in [6, 6.07) is 3.54. The second-order valence-electron chi connectivity index (χ2n) is 4.45. The van der Waals surface area contributed by atoms with Crippen LogP contribution in [0.2, 0.25) is 0 Å². The Morgan fingerprint density at radius 1 is 1.44 bits per heavy atom. The molecule has 1 saturated heterocycles. The van der Waals surface area contributed by atoms with E-state index in [1.165, 1.54) is 25.1 Å². The topological polar surface area (TPSA) is 97.1 Å². The van der Waals surface area contributed by atoms with Crippen LogP contribution in [0.25, 0.3) is 0 Å². The Morgan fingerprint density at radius 2 is 2.28 bits per heavy atom. The normalized spacial score (nSPS) is 20.6. The predicted molar refractivity (Wildman–Crippen MR) is 69.7 cm³/mol. The molecule has 0 aromatic carbocycles. The number of primary sulfonamides is 1. The summed E-state index contributed by atoms with van der Waals surface area (Å²) in [4.78, 5) is 4.06. The largest absolute Gasteiger partial charge is 0.369 e. The molecule has 1 aliphatic heterocycles. The number of nitrogens with two attached hydrogens (primary N) is 1. The second kappa shape index (κ2) is 5.64. The van der Waals surface area contributed by atoms with Crippen molar-refractivity contribution in [3.63, 3.8) is 0 Å². The van der Waals surface area contributed by atoms with Crippen molar-refractivity contribution < 1.29 is 8.42 Å². The molecule has 2 rings (SSSR count). The molecule has 1 fully saturated rings. The zero-order valence-electron chi connectivity index (χ0n) is 10.1. The molecule has 7 heteroatoms. The third-order valence-corrected chi connectivity index (χ3v) is 3.91. The summed E-state index contributed by atoms with van der Waals surface area (Å²) < 4.78 is 22.1. The molecule has 0 amide bonds. The molecule has 0 aliphatic carbocycles. The van der Waals surface area contributed by atoms with Crippen LogP contribution in [0.1, 0.15) is 19.3 Å². The van der Waals surface area contributed by atoms with E-state index in [-0.39, 0.29) is 4.90 Å². The fraction of sp³-hybridized carbons (Fsp3) is 0.545. The summed E-state index contributed by atoms with van der Waals surface area (Å²) in [5.41, 5.74) is 0. The van der Waals surface area contributed by atoms with Gasteiger partial charge in [0, 0.05) is 18.8 Å². The molecule has 4 N–H and O–H groups in total. The minimum absolute atomic E-state index is 0.0313. The highest BCUT2D eigenvalue weighted by molar-refractivity contribution is 7.89. The number of aromatic nitrogens is 1. The first kappa shape index (κ1) is 13.3. The van der Waals surface area contributed by atoms with Gasteiger partial charge in [0.1, 0.15) is 10.7 Å². The lowest BCUT2D eigenvalue weighted by atomic mass is 10.1. The van der Waals surface area contributed by atoms with Crippen molar-refractivity contribution in [2.75, 3.05) is 18.4 Å². The van der Waals surface area contributed by atoms with Crippen molar-refractivity contribution >= 4 is 15.8 Å². The molecule has 0 spiro atoms. The first-order chi connectivity index (χ1) is 8.55. The highest BCUT2D eigenvalue weighted by Crippen LogP contribution is 2.11. The zero-order chi connectivity index (χ0) is 13.0. The van der Waals surface area contributed by atoms with Crippen LogP contribution in [-0.2, 0) is 10.0 Å². The molecule has 1 aromatic heterocycles. The Labute approximate surface area is 107 Å². The maximum atomic E-state index is 11.1. The van der Waals surface area contributed by atoms with E-state index in [4.69, 9.17) is 5.14 Å². The summed E-state index contributed by atoms with van der Waals surface area (Å²) in [6.45, 7) is 1.85. The summed E-state index contributed by atoms with van der Waals surface area (Å²) in [6.07, 6.45) is 4.91. The van der Waals surface area contributed by atoms with Crippen LogP contribution >= 0.6 is 0 Å². The maximum Gasteiger partial charge on any atom is 0.239 e. The smallest absolute Gasteiger partial charge is 0.239 e. The van der Waals surface area contributed by atoms with E-state index in [9.17, 15) is 8.42 Å². The van der Waals surface area contributed by atoms with Crippen LogP contribution in [0, 0.1) is 0 Å². The van der Waals surface area contributed by atoms with Crippen molar-refractivity contribution in [2.24, 2.45) is 5.14 Å². The molecule has 100 valence electrons. The number of piperidine rings is 1. The van der Waals surface area contributed by atoms with Gasteiger partial charge in [-0.3, -0.25) is 0 Å². The van der Waals surface area contributed by atoms with Crippen molar-refractivity contribution in [2.45, 2.75) is 30.2 Å². The van der Waals surface area contributed by atoms with Crippen LogP contribution in [0.5, 0.6) is 0 Å². The Bertz CT molecular complexity index is 480. The van der Waals surface area contributed by atoms with Gasteiger partial charge in [0.05, 0.1) is 0 Å². The van der Waals surface area contributed by atoms with Gasteiger partial charge in [-0.25, -0.2) is 18.5 Å². The SMILES string of the molecule is NS(=O)(=O)c1ccc(NCC2CCCCN2)nc1. The van der Waals surface area contributed by atoms with E-state index in [1.54, 1.807) is 6.07 Å². The highest BCUT2D eigenvalue weighted by Gasteiger charge is 2.12. The van der Waals surface area contributed by atoms with Gasteiger partial charge in [-0.15, -0.1) is 0 Å². The highest BCUT2D eigenvalue weighted by atomic mass is 32.2. The van der Waals surface area contributed by atoms with Gasteiger partial charge in [-0.2, -0.15) is 0 Å². The van der Waals surface area contributed by atoms with Crippen LogP contribution in [0.15, 0.2) is 23.2 Å². The van der Waals surface area contributed by atoms with Crippen molar-refractivity contribution in [1.29, 1.82) is 0 Å². The Hall–Kier alpha value is -1.18. The van der Waals surface area contributed by atoms with Crippen molar-refractivity contribution in [3.05, 3.63) is 18.3 Å². The van der Waals surface area contributed by atoms with Crippen LogP contribution < -0.4 is 15.8 Å². The molecular formula is C11H18N4O2S. The minimum atomic E-state index is -3.66. The number of nitrogens with one attached hydrogen (secondary N) is 2. The fourth-order valence-electron chi connectivity index (χ4n) is 1.98. The standard InChI is InChI=1S/C11H18N4O2S/c12-18(16,17)10-4-5-11(15-8-10)14-7-9-3-1-2-6-13-9/h4-5,8-9,13H,1-3,6-7H2,(H,14,15)(H2,12,16,17). The number of anilines is 1. The first-order valence-corrected chi connectivity index (χ1v) is 7.56. The van der Waals surface area contributed by atoms with Gasteiger partial charge in [-0.05, 0) is 31.5 Å². The predicted octanol–water partition coefficient (Wildman–Crippen LogP) is 0.283. The summed E-state index contributed by atoms with van der Waals surface area (Å²) in [5, 5.41) is 11.6. The Kier molecular flexibility index (Phi) is 4.15. The molecule has 0 saturated carbocycles. The van der Waals surface area contributed by atoms with Gasteiger partial charge in [0.15, 0.2) is 0 Å². The molecule has 18 heavy (non-hydrogen) atoms. The molecule has 2 heterocycles. The number of hydrogen-bond donors (Lipinski definition) is 3. The van der Waals surface area contributed by atoms with Gasteiger partial charge >= 0.3 is 0 Å². The first-order valence-electron chi connectivity index (χ1n) is 6.02. The lowest BCUT2D eigenvalue weighted by molar-refractivity contribution is 0.414.